The maximum atomic E-state index is 9.19. The predicted octanol–water partition coefficient (Wildman–Crippen LogP) is 1.02. The minimum atomic E-state index is -3.94. The molecule has 0 unspecified atom stereocenters. The van der Waals surface area contributed by atoms with Crippen LogP contribution in [-0.4, -0.2) is 24.9 Å². The summed E-state index contributed by atoms with van der Waals surface area (Å²) in [6.07, 6.45) is -2.25. The Morgan fingerprint density at radius 1 is 1.60 bits per heavy atom. The summed E-state index contributed by atoms with van der Waals surface area (Å²) in [5, 5.41) is 8.50. The highest BCUT2D eigenvalue weighted by Gasteiger charge is 1.97. The molecule has 0 saturated heterocycles. The van der Waals surface area contributed by atoms with E-state index < -0.39 is 6.07 Å². The van der Waals surface area contributed by atoms with E-state index in [1.54, 1.807) is 17.7 Å². The van der Waals surface area contributed by atoms with Gasteiger partial charge in [0.15, 0.2) is 12.3 Å². The van der Waals surface area contributed by atoms with Crippen molar-refractivity contribution < 1.29 is 14.0 Å². The van der Waals surface area contributed by atoms with Gasteiger partial charge in [0, 0.05) is 5.70 Å². The van der Waals surface area contributed by atoms with Crippen molar-refractivity contribution in [2.75, 3.05) is 14.1 Å². The SMILES string of the molecule is C/C(N)=C(\C#N)C=[N+](C)C.O=P([O-])(Cl)Cl. The van der Waals surface area contributed by atoms with Crippen molar-refractivity contribution in [2.24, 2.45) is 5.73 Å². The molecule has 0 saturated carbocycles. The standard InChI is InChI=1S/C7H11N3.Cl2HO2P/c1-6(9)7(4-8)5-10(2)3;1-5(2,3)4/h5,9H,1-3H3;(H,3,4). The third kappa shape index (κ3) is 19.8. The van der Waals surface area contributed by atoms with Crippen LogP contribution in [0.2, 0.25) is 0 Å². The first-order valence-electron chi connectivity index (χ1n) is 3.66. The van der Waals surface area contributed by atoms with E-state index in [0.29, 0.717) is 11.3 Å². The molecule has 0 rings (SSSR count). The average Bonchev–Trinajstić information content (AvgIpc) is 1.95. The van der Waals surface area contributed by atoms with Crippen molar-refractivity contribution in [3.8, 4) is 6.07 Å². The van der Waals surface area contributed by atoms with E-state index >= 15 is 0 Å². The smallest absolute Gasteiger partial charge is 0.186 e. The zero-order valence-electron chi connectivity index (χ0n) is 8.57. The molecule has 0 aliphatic heterocycles. The van der Waals surface area contributed by atoms with Crippen LogP contribution in [0.3, 0.4) is 0 Å². The van der Waals surface area contributed by atoms with Crippen molar-refractivity contribution >= 4 is 34.8 Å². The van der Waals surface area contributed by atoms with Gasteiger partial charge in [-0.25, -0.2) is 4.58 Å². The maximum absolute atomic E-state index is 9.19. The fraction of sp³-hybridized carbons (Fsp3) is 0.429. The van der Waals surface area contributed by atoms with Crippen LogP contribution in [0.4, 0.5) is 0 Å². The van der Waals surface area contributed by atoms with Crippen molar-refractivity contribution in [3.05, 3.63) is 11.3 Å². The van der Waals surface area contributed by atoms with Gasteiger partial charge in [0.05, 0.1) is 0 Å². The summed E-state index contributed by atoms with van der Waals surface area (Å²) < 4.78 is 11.0. The van der Waals surface area contributed by atoms with Crippen LogP contribution in [0.15, 0.2) is 11.3 Å². The first-order chi connectivity index (χ1) is 6.57. The fourth-order valence-corrected chi connectivity index (χ4v) is 0.477. The van der Waals surface area contributed by atoms with Gasteiger partial charge in [-0.3, -0.25) is 0 Å². The van der Waals surface area contributed by atoms with E-state index in [9.17, 15) is 9.46 Å². The van der Waals surface area contributed by atoms with E-state index in [0.717, 1.165) is 0 Å². The lowest BCUT2D eigenvalue weighted by Crippen LogP contribution is -2.05. The molecular weight excluding hydrogens is 260 g/mol. The van der Waals surface area contributed by atoms with Crippen LogP contribution in [0.1, 0.15) is 6.92 Å². The number of rotatable bonds is 1. The molecule has 0 aliphatic carbocycles. The number of hydrogen-bond donors (Lipinski definition) is 1. The normalized spacial score (nSPS) is 11.5. The molecule has 0 aliphatic rings. The van der Waals surface area contributed by atoms with Gasteiger partial charge in [-0.15, -0.1) is 0 Å². The molecule has 5 nitrogen and oxygen atoms in total. The Hall–Kier alpha value is -0.530. The van der Waals surface area contributed by atoms with Gasteiger partial charge in [-0.2, -0.15) is 5.26 Å². The monoisotopic (exact) mass is 271 g/mol. The molecule has 0 fully saturated rings. The molecule has 0 radical (unpaired) electrons. The highest BCUT2D eigenvalue weighted by atomic mass is 35.9. The number of halogens is 2. The quantitative estimate of drug-likeness (QED) is 0.334. The second-order valence-electron chi connectivity index (χ2n) is 2.72. The molecule has 0 aromatic heterocycles. The van der Waals surface area contributed by atoms with Crippen molar-refractivity contribution in [1.29, 1.82) is 5.26 Å². The third-order valence-electron chi connectivity index (χ3n) is 0.933. The number of allylic oxidation sites excluding steroid dienone is 2. The minimum Gasteiger partial charge on any atom is -0.776 e. The molecule has 15 heavy (non-hydrogen) atoms. The summed E-state index contributed by atoms with van der Waals surface area (Å²) in [4.78, 5) is 9.19. The lowest BCUT2D eigenvalue weighted by atomic mass is 10.2. The van der Waals surface area contributed by atoms with Crippen LogP contribution in [0.5, 0.6) is 0 Å². The van der Waals surface area contributed by atoms with Crippen LogP contribution in [0, 0.1) is 11.3 Å². The van der Waals surface area contributed by atoms with Crippen LogP contribution in [0.25, 0.3) is 0 Å². The molecule has 0 spiro atoms. The van der Waals surface area contributed by atoms with Crippen molar-refractivity contribution in [1.82, 2.24) is 0 Å². The number of nitriles is 1. The first kappa shape index (κ1) is 16.9. The Balaban J connectivity index is 0. The number of hydrogen-bond acceptors (Lipinski definition) is 4. The summed E-state index contributed by atoms with van der Waals surface area (Å²) in [5.41, 5.74) is 6.47. The molecule has 8 heteroatoms. The zero-order chi connectivity index (χ0) is 12.6. The van der Waals surface area contributed by atoms with Gasteiger partial charge in [0.25, 0.3) is 0 Å². The number of nitrogens with zero attached hydrogens (tertiary/aromatic N) is 2. The fourth-order valence-electron chi connectivity index (χ4n) is 0.477. The Bertz CT molecular complexity index is 337. The minimum absolute atomic E-state index is 0.519. The highest BCUT2D eigenvalue weighted by Crippen LogP contribution is 2.46. The summed E-state index contributed by atoms with van der Waals surface area (Å²) >= 11 is 8.59. The lowest BCUT2D eigenvalue weighted by molar-refractivity contribution is -0.458. The molecule has 0 atom stereocenters. The van der Waals surface area contributed by atoms with Gasteiger partial charge in [0.1, 0.15) is 25.7 Å². The number of nitrogens with two attached hydrogens (primary N) is 1. The molecule has 0 amide bonds. The summed E-state index contributed by atoms with van der Waals surface area (Å²) in [7, 11) is 3.70. The molecule has 2 N–H and O–H groups in total. The van der Waals surface area contributed by atoms with Gasteiger partial charge in [-0.05, 0) is 6.92 Å². The summed E-state index contributed by atoms with van der Waals surface area (Å²) in [6, 6.07) is 1.99. The average molecular weight is 272 g/mol. The van der Waals surface area contributed by atoms with Crippen LogP contribution < -0.4 is 10.6 Å². The van der Waals surface area contributed by atoms with Crippen molar-refractivity contribution in [2.45, 2.75) is 6.92 Å². The van der Waals surface area contributed by atoms with Gasteiger partial charge in [0.2, 0.25) is 0 Å². The molecular formula is C7H12Cl2N3O2P. The Labute approximate surface area is 98.4 Å². The Morgan fingerprint density at radius 2 is 1.93 bits per heavy atom. The summed E-state index contributed by atoms with van der Waals surface area (Å²) in [6.45, 7) is 1.71. The van der Waals surface area contributed by atoms with E-state index in [2.05, 4.69) is 22.5 Å². The molecule has 0 bridgehead atoms. The summed E-state index contributed by atoms with van der Waals surface area (Å²) in [5.74, 6) is 0. The second-order valence-corrected chi connectivity index (χ2v) is 6.73. The van der Waals surface area contributed by atoms with E-state index in [-0.39, 0.29) is 0 Å². The molecule has 0 aromatic carbocycles. The van der Waals surface area contributed by atoms with Crippen molar-refractivity contribution in [3.63, 3.8) is 0 Å². The topological polar surface area (TPSA) is 93.0 Å². The third-order valence-corrected chi connectivity index (χ3v) is 0.933. The second kappa shape index (κ2) is 7.72. The molecule has 86 valence electrons. The van der Waals surface area contributed by atoms with Gasteiger partial charge >= 0.3 is 0 Å². The highest BCUT2D eigenvalue weighted by molar-refractivity contribution is 8.03. The van der Waals surface area contributed by atoms with Gasteiger partial charge < -0.3 is 15.2 Å². The Morgan fingerprint density at radius 3 is 2.00 bits per heavy atom. The zero-order valence-corrected chi connectivity index (χ0v) is 11.0. The van der Waals surface area contributed by atoms with E-state index in [1.165, 1.54) is 0 Å². The van der Waals surface area contributed by atoms with E-state index in [1.807, 2.05) is 20.2 Å². The first-order valence-corrected chi connectivity index (χ1v) is 7.09. The van der Waals surface area contributed by atoms with Gasteiger partial charge in [-0.1, -0.05) is 22.5 Å². The van der Waals surface area contributed by atoms with Crippen LogP contribution in [-0.2, 0) is 4.57 Å². The van der Waals surface area contributed by atoms with Crippen LogP contribution >= 0.6 is 28.6 Å². The lowest BCUT2D eigenvalue weighted by Gasteiger charge is -1.98. The Kier molecular flexibility index (Phi) is 8.69. The maximum Gasteiger partial charge on any atom is 0.186 e. The van der Waals surface area contributed by atoms with E-state index in [4.69, 9.17) is 11.0 Å². The molecule has 0 aromatic rings. The largest absolute Gasteiger partial charge is 0.776 e. The predicted molar refractivity (Wildman–Crippen MR) is 60.0 cm³/mol. The molecule has 0 heterocycles.